The van der Waals surface area contributed by atoms with Crippen LogP contribution < -0.4 is 10.6 Å². The van der Waals surface area contributed by atoms with Crippen LogP contribution in [-0.2, 0) is 14.4 Å². The third-order valence-corrected chi connectivity index (χ3v) is 8.54. The Bertz CT molecular complexity index is 1270. The van der Waals surface area contributed by atoms with E-state index in [2.05, 4.69) is 20.5 Å². The summed E-state index contributed by atoms with van der Waals surface area (Å²) in [6, 6.07) is 4.65. The fourth-order valence-electron chi connectivity index (χ4n) is 4.91. The summed E-state index contributed by atoms with van der Waals surface area (Å²) in [5, 5.41) is 15.8. The summed E-state index contributed by atoms with van der Waals surface area (Å²) in [7, 11) is 0. The van der Waals surface area contributed by atoms with Crippen LogP contribution >= 0.6 is 11.3 Å². The molecule has 0 radical (unpaired) electrons. The van der Waals surface area contributed by atoms with Gasteiger partial charge in [0, 0.05) is 12.8 Å². The number of aryl methyl sites for hydroxylation is 1. The van der Waals surface area contributed by atoms with Gasteiger partial charge < -0.3 is 20.6 Å². The third-order valence-electron chi connectivity index (χ3n) is 7.57. The van der Waals surface area contributed by atoms with E-state index < -0.39 is 53.7 Å². The number of aromatic nitrogens is 1. The van der Waals surface area contributed by atoms with E-state index in [0.29, 0.717) is 19.3 Å². The van der Waals surface area contributed by atoms with Gasteiger partial charge in [-0.05, 0) is 30.4 Å². The van der Waals surface area contributed by atoms with Gasteiger partial charge in [0.2, 0.25) is 11.8 Å². The number of hydrogen-bond acceptors (Lipinski definition) is 6. The van der Waals surface area contributed by atoms with Crippen molar-refractivity contribution in [1.29, 1.82) is 0 Å². The van der Waals surface area contributed by atoms with E-state index in [1.54, 1.807) is 30.7 Å². The average molecular weight is 556 g/mol. The fourth-order valence-corrected chi connectivity index (χ4v) is 5.72. The first kappa shape index (κ1) is 28.6. The first-order valence-electron chi connectivity index (χ1n) is 13.2. The maximum atomic E-state index is 15.2. The molecule has 3 amide bonds. The Balaban J connectivity index is 1.50. The Hall–Kier alpha value is -3.36. The summed E-state index contributed by atoms with van der Waals surface area (Å²) in [6.07, 6.45) is -2.15. The molecule has 1 aromatic carbocycles. The Labute approximate surface area is 231 Å². The van der Waals surface area contributed by atoms with Gasteiger partial charge in [-0.15, -0.1) is 11.3 Å². The monoisotopic (exact) mass is 555 g/mol. The lowest BCUT2D eigenvalue weighted by molar-refractivity contribution is -0.143. The van der Waals surface area contributed by atoms with E-state index in [4.69, 9.17) is 6.57 Å². The molecule has 2 fully saturated rings. The molecule has 4 rings (SSSR count). The summed E-state index contributed by atoms with van der Waals surface area (Å²) in [5.41, 5.74) is 3.40. The van der Waals surface area contributed by atoms with E-state index in [9.17, 15) is 19.5 Å². The van der Waals surface area contributed by atoms with Gasteiger partial charge >= 0.3 is 11.4 Å². The second-order valence-corrected chi connectivity index (χ2v) is 11.5. The molecule has 1 saturated heterocycles. The number of hydrogen-bond donors (Lipinski definition) is 3. The van der Waals surface area contributed by atoms with Gasteiger partial charge in [0.15, 0.2) is 6.17 Å². The molecule has 2 heterocycles. The van der Waals surface area contributed by atoms with E-state index in [1.807, 2.05) is 38.1 Å². The highest BCUT2D eigenvalue weighted by atomic mass is 32.1. The number of aliphatic hydroxyl groups excluding tert-OH is 1. The van der Waals surface area contributed by atoms with Crippen molar-refractivity contribution >= 4 is 29.1 Å². The molecule has 9 nitrogen and oxygen atoms in total. The van der Waals surface area contributed by atoms with Gasteiger partial charge in [0.05, 0.1) is 28.7 Å². The van der Waals surface area contributed by atoms with Crippen molar-refractivity contribution in [2.75, 3.05) is 6.54 Å². The van der Waals surface area contributed by atoms with Crippen LogP contribution in [0.3, 0.4) is 0 Å². The fraction of sp³-hybridized carbons (Fsp3) is 0.536. The zero-order valence-corrected chi connectivity index (χ0v) is 23.3. The minimum atomic E-state index is -1.98. The Morgan fingerprint density at radius 1 is 1.26 bits per heavy atom. The van der Waals surface area contributed by atoms with Crippen molar-refractivity contribution in [3.05, 3.63) is 52.5 Å². The SMILES string of the molecule is [C-]#[N+]C1(C(=O)N[C@H](C(=O)N2C[C@H](O)[C@H](F)[C@H]2C(=O)N[C@@H](CC)c2ccc(-c3scnc3C)cc2)C(C)C)CC1. The average Bonchev–Trinajstić information content (AvgIpc) is 3.52. The molecule has 2 aliphatic rings. The molecule has 1 aliphatic carbocycles. The maximum absolute atomic E-state index is 15.2. The summed E-state index contributed by atoms with van der Waals surface area (Å²) < 4.78 is 15.2. The van der Waals surface area contributed by atoms with Crippen molar-refractivity contribution in [2.45, 2.75) is 82.9 Å². The minimum Gasteiger partial charge on any atom is -0.388 e. The summed E-state index contributed by atoms with van der Waals surface area (Å²) in [4.78, 5) is 49.4. The highest BCUT2D eigenvalue weighted by molar-refractivity contribution is 7.13. The number of halogens is 1. The van der Waals surface area contributed by atoms with Gasteiger partial charge in [-0.3, -0.25) is 19.2 Å². The van der Waals surface area contributed by atoms with Crippen LogP contribution in [0, 0.1) is 19.4 Å². The molecule has 11 heteroatoms. The van der Waals surface area contributed by atoms with Crippen LogP contribution in [0.25, 0.3) is 15.3 Å². The quantitative estimate of drug-likeness (QED) is 0.411. The normalized spacial score (nSPS) is 23.1. The van der Waals surface area contributed by atoms with Gasteiger partial charge in [-0.1, -0.05) is 45.0 Å². The highest BCUT2D eigenvalue weighted by Gasteiger charge is 2.59. The van der Waals surface area contributed by atoms with Gasteiger partial charge in [-0.2, -0.15) is 0 Å². The number of amides is 3. The van der Waals surface area contributed by atoms with Crippen LogP contribution in [0.2, 0.25) is 0 Å². The van der Waals surface area contributed by atoms with Crippen molar-refractivity contribution in [3.63, 3.8) is 0 Å². The number of rotatable bonds is 9. The number of likely N-dealkylation sites (tertiary alicyclic amines) is 1. The molecule has 1 aromatic heterocycles. The Morgan fingerprint density at radius 2 is 1.92 bits per heavy atom. The van der Waals surface area contributed by atoms with Gasteiger partial charge in [0.1, 0.15) is 18.2 Å². The van der Waals surface area contributed by atoms with Crippen molar-refractivity contribution < 1.29 is 23.9 Å². The second kappa shape index (κ2) is 11.4. The van der Waals surface area contributed by atoms with Gasteiger partial charge in [0.25, 0.3) is 0 Å². The molecular formula is C28H34FN5O4S. The maximum Gasteiger partial charge on any atom is 0.309 e. The number of thiazole rings is 1. The second-order valence-electron chi connectivity index (χ2n) is 10.6. The number of nitrogens with one attached hydrogen (secondary N) is 2. The van der Waals surface area contributed by atoms with E-state index >= 15 is 4.39 Å². The smallest absolute Gasteiger partial charge is 0.309 e. The number of nitrogens with zero attached hydrogens (tertiary/aromatic N) is 3. The van der Waals surface area contributed by atoms with E-state index in [-0.39, 0.29) is 12.5 Å². The van der Waals surface area contributed by atoms with Crippen molar-refractivity contribution in [3.8, 4) is 10.4 Å². The predicted molar refractivity (Wildman–Crippen MR) is 145 cm³/mol. The largest absolute Gasteiger partial charge is 0.388 e. The lowest BCUT2D eigenvalue weighted by Gasteiger charge is -2.31. The number of aliphatic hydroxyl groups is 1. The molecule has 3 N–H and O–H groups in total. The standard InChI is InChI=1S/C28H34FN5O4S/c1-6-19(17-7-9-18(10-8-17)24-16(4)31-14-39-24)32-25(36)23-21(29)20(35)13-34(23)26(37)22(15(2)3)33-27(38)28(30-5)11-12-28/h7-10,14-15,19-23,35H,6,11-13H2,1-4H3,(H,32,36)(H,33,38)/t19-,20-,21-,22-,23-/m0/s1. The molecule has 5 atom stereocenters. The molecule has 1 aliphatic heterocycles. The summed E-state index contributed by atoms with van der Waals surface area (Å²) >= 11 is 1.54. The van der Waals surface area contributed by atoms with E-state index in [0.717, 1.165) is 26.6 Å². The number of alkyl halides is 1. The first-order chi connectivity index (χ1) is 18.5. The van der Waals surface area contributed by atoms with E-state index in [1.165, 1.54) is 0 Å². The third kappa shape index (κ3) is 5.68. The summed E-state index contributed by atoms with van der Waals surface area (Å²) in [5.74, 6) is -2.29. The van der Waals surface area contributed by atoms with Crippen LogP contribution in [0.15, 0.2) is 29.8 Å². The molecule has 1 saturated carbocycles. The number of carbonyl (C=O) groups is 3. The van der Waals surface area contributed by atoms with Crippen LogP contribution in [0.5, 0.6) is 0 Å². The molecule has 39 heavy (non-hydrogen) atoms. The minimum absolute atomic E-state index is 0.370. The zero-order valence-electron chi connectivity index (χ0n) is 22.5. The molecular weight excluding hydrogens is 521 g/mol. The predicted octanol–water partition coefficient (Wildman–Crippen LogP) is 3.19. The molecule has 208 valence electrons. The number of benzene rings is 1. The first-order valence-corrected chi connectivity index (χ1v) is 14.0. The lowest BCUT2D eigenvalue weighted by Crippen LogP contribution is -2.57. The van der Waals surface area contributed by atoms with Crippen LogP contribution in [0.1, 0.15) is 57.3 Å². The topological polar surface area (TPSA) is 116 Å². The molecule has 0 bridgehead atoms. The number of carbonyl (C=O) groups excluding carboxylic acids is 3. The Kier molecular flexibility index (Phi) is 8.37. The van der Waals surface area contributed by atoms with Crippen molar-refractivity contribution in [2.24, 2.45) is 5.92 Å². The van der Waals surface area contributed by atoms with Crippen LogP contribution in [0.4, 0.5) is 4.39 Å². The zero-order chi connectivity index (χ0) is 28.5. The molecule has 0 spiro atoms. The summed E-state index contributed by atoms with van der Waals surface area (Å²) in [6.45, 7) is 14.2. The van der Waals surface area contributed by atoms with Crippen molar-refractivity contribution in [1.82, 2.24) is 20.5 Å². The molecule has 0 unspecified atom stereocenters. The highest BCUT2D eigenvalue weighted by Crippen LogP contribution is 2.40. The Morgan fingerprint density at radius 3 is 2.44 bits per heavy atom. The molecule has 2 aromatic rings. The lowest BCUT2D eigenvalue weighted by atomic mass is 10.00. The van der Waals surface area contributed by atoms with Gasteiger partial charge in [-0.25, -0.2) is 15.9 Å². The number of β-amino-alcohol motifs (C(OH)–C–C–N with tert-alkyl or cyclic N) is 1. The van der Waals surface area contributed by atoms with Crippen LogP contribution in [-0.4, -0.2) is 69.2 Å².